The van der Waals surface area contributed by atoms with E-state index in [0.29, 0.717) is 6.10 Å². The van der Waals surface area contributed by atoms with E-state index in [4.69, 9.17) is 16.3 Å². The van der Waals surface area contributed by atoms with E-state index in [0.717, 1.165) is 55.6 Å². The number of ether oxygens (including phenoxy) is 1. The molecule has 0 radical (unpaired) electrons. The van der Waals surface area contributed by atoms with Gasteiger partial charge in [-0.15, -0.1) is 0 Å². The van der Waals surface area contributed by atoms with Crippen molar-refractivity contribution in [3.63, 3.8) is 0 Å². The van der Waals surface area contributed by atoms with Crippen molar-refractivity contribution in [3.8, 4) is 0 Å². The van der Waals surface area contributed by atoms with E-state index in [1.165, 1.54) is 0 Å². The Morgan fingerprint density at radius 1 is 1.43 bits per heavy atom. The summed E-state index contributed by atoms with van der Waals surface area (Å²) in [5.74, 6) is 0.949. The number of rotatable bonds is 4. The molecule has 0 amide bonds. The quantitative estimate of drug-likeness (QED) is 0.686. The summed E-state index contributed by atoms with van der Waals surface area (Å²) in [7, 11) is 1.83. The van der Waals surface area contributed by atoms with Crippen molar-refractivity contribution in [3.05, 3.63) is 34.9 Å². The van der Waals surface area contributed by atoms with Crippen LogP contribution in [0.25, 0.3) is 0 Å². The second kappa shape index (κ2) is 8.25. The van der Waals surface area contributed by atoms with Gasteiger partial charge < -0.3 is 15.0 Å². The van der Waals surface area contributed by atoms with E-state index in [2.05, 4.69) is 28.2 Å². The van der Waals surface area contributed by atoms with Gasteiger partial charge in [0.1, 0.15) is 0 Å². The zero-order chi connectivity index (χ0) is 15.1. The van der Waals surface area contributed by atoms with Crippen LogP contribution in [-0.4, -0.2) is 43.7 Å². The van der Waals surface area contributed by atoms with Crippen LogP contribution in [-0.2, 0) is 11.3 Å². The molecular weight excluding hydrogens is 286 g/mol. The molecule has 1 aromatic rings. The first kappa shape index (κ1) is 16.1. The maximum absolute atomic E-state index is 6.01. The smallest absolute Gasteiger partial charge is 0.193 e. The number of hydrogen-bond donors (Lipinski definition) is 1. The topological polar surface area (TPSA) is 36.9 Å². The molecule has 1 heterocycles. The van der Waals surface area contributed by atoms with E-state index in [-0.39, 0.29) is 0 Å². The summed E-state index contributed by atoms with van der Waals surface area (Å²) in [6.45, 7) is 5.56. The van der Waals surface area contributed by atoms with Gasteiger partial charge in [-0.05, 0) is 37.5 Å². The molecule has 1 aliphatic heterocycles. The van der Waals surface area contributed by atoms with Crippen molar-refractivity contribution < 1.29 is 4.74 Å². The summed E-state index contributed by atoms with van der Waals surface area (Å²) in [4.78, 5) is 6.67. The van der Waals surface area contributed by atoms with Gasteiger partial charge in [0.2, 0.25) is 0 Å². The van der Waals surface area contributed by atoms with Crippen LogP contribution in [0.3, 0.4) is 0 Å². The molecule has 1 aliphatic rings. The molecule has 1 saturated heterocycles. The second-order valence-corrected chi connectivity index (χ2v) is 5.61. The van der Waals surface area contributed by atoms with Crippen LogP contribution in [0.15, 0.2) is 29.3 Å². The molecule has 5 heteroatoms. The monoisotopic (exact) mass is 309 g/mol. The molecule has 0 aliphatic carbocycles. The molecular formula is C16H24ClN3O. The van der Waals surface area contributed by atoms with Crippen molar-refractivity contribution in [1.29, 1.82) is 0 Å². The molecule has 0 aromatic heterocycles. The highest BCUT2D eigenvalue weighted by atomic mass is 35.5. The largest absolute Gasteiger partial charge is 0.378 e. The zero-order valence-corrected chi connectivity index (χ0v) is 13.6. The molecule has 21 heavy (non-hydrogen) atoms. The Kier molecular flexibility index (Phi) is 6.33. The third-order valence-electron chi connectivity index (χ3n) is 3.70. The lowest BCUT2D eigenvalue weighted by Crippen LogP contribution is -2.46. The van der Waals surface area contributed by atoms with Gasteiger partial charge in [-0.3, -0.25) is 4.99 Å². The molecule has 0 unspecified atom stereocenters. The van der Waals surface area contributed by atoms with Crippen LogP contribution in [0.4, 0.5) is 0 Å². The first-order chi connectivity index (χ1) is 10.2. The number of piperidine rings is 1. The Hall–Kier alpha value is -1.26. The zero-order valence-electron chi connectivity index (χ0n) is 12.8. The van der Waals surface area contributed by atoms with Crippen molar-refractivity contribution >= 4 is 17.6 Å². The summed E-state index contributed by atoms with van der Waals surface area (Å²) in [6, 6.07) is 7.89. The fourth-order valence-electron chi connectivity index (χ4n) is 2.63. The molecule has 116 valence electrons. The van der Waals surface area contributed by atoms with E-state index in [9.17, 15) is 0 Å². The van der Waals surface area contributed by atoms with E-state index in [1.54, 1.807) is 0 Å². The minimum atomic E-state index is 0.400. The van der Waals surface area contributed by atoms with Crippen molar-refractivity contribution in [2.24, 2.45) is 4.99 Å². The highest BCUT2D eigenvalue weighted by molar-refractivity contribution is 6.30. The van der Waals surface area contributed by atoms with Gasteiger partial charge in [0, 0.05) is 38.3 Å². The molecule has 4 nitrogen and oxygen atoms in total. The summed E-state index contributed by atoms with van der Waals surface area (Å²) in [6.07, 6.45) is 2.52. The fourth-order valence-corrected chi connectivity index (χ4v) is 2.84. The van der Waals surface area contributed by atoms with Crippen LogP contribution >= 0.6 is 11.6 Å². The minimum absolute atomic E-state index is 0.400. The van der Waals surface area contributed by atoms with Crippen LogP contribution in [0, 0.1) is 0 Å². The Bertz CT molecular complexity index is 470. The lowest BCUT2D eigenvalue weighted by Gasteiger charge is -2.34. The molecule has 0 atom stereocenters. The van der Waals surface area contributed by atoms with Gasteiger partial charge in [-0.1, -0.05) is 23.7 Å². The average Bonchev–Trinajstić information content (AvgIpc) is 2.50. The lowest BCUT2D eigenvalue weighted by molar-refractivity contribution is 0.0263. The summed E-state index contributed by atoms with van der Waals surface area (Å²) in [5, 5.41) is 4.17. The maximum atomic E-state index is 6.01. The van der Waals surface area contributed by atoms with Gasteiger partial charge in [-0.2, -0.15) is 0 Å². The Labute approximate surface area is 132 Å². The van der Waals surface area contributed by atoms with Crippen LogP contribution in [0.1, 0.15) is 25.3 Å². The van der Waals surface area contributed by atoms with Crippen LogP contribution in [0.5, 0.6) is 0 Å². The Morgan fingerprint density at radius 2 is 2.19 bits per heavy atom. The Balaban J connectivity index is 1.84. The average molecular weight is 310 g/mol. The molecule has 2 rings (SSSR count). The third-order valence-corrected chi connectivity index (χ3v) is 3.93. The predicted octanol–water partition coefficient (Wildman–Crippen LogP) is 2.92. The van der Waals surface area contributed by atoms with Crippen molar-refractivity contribution in [1.82, 2.24) is 10.2 Å². The first-order valence-corrected chi connectivity index (χ1v) is 7.92. The number of nitrogens with zero attached hydrogens (tertiary/aromatic N) is 2. The number of likely N-dealkylation sites (tertiary alicyclic amines) is 1. The lowest BCUT2D eigenvalue weighted by atomic mass is 10.1. The summed E-state index contributed by atoms with van der Waals surface area (Å²) < 4.78 is 5.69. The van der Waals surface area contributed by atoms with Crippen molar-refractivity contribution in [2.75, 3.05) is 26.7 Å². The van der Waals surface area contributed by atoms with E-state index < -0.39 is 0 Å². The molecule has 0 spiro atoms. The minimum Gasteiger partial charge on any atom is -0.378 e. The first-order valence-electron chi connectivity index (χ1n) is 7.54. The van der Waals surface area contributed by atoms with E-state index in [1.807, 2.05) is 25.2 Å². The maximum Gasteiger partial charge on any atom is 0.193 e. The number of halogens is 1. The van der Waals surface area contributed by atoms with Gasteiger partial charge in [0.25, 0.3) is 0 Å². The molecule has 0 saturated carbocycles. The molecule has 1 fully saturated rings. The number of hydrogen-bond acceptors (Lipinski definition) is 2. The highest BCUT2D eigenvalue weighted by Crippen LogP contribution is 2.14. The van der Waals surface area contributed by atoms with E-state index >= 15 is 0 Å². The number of aliphatic imine (C=N–C) groups is 1. The van der Waals surface area contributed by atoms with Crippen LogP contribution in [0.2, 0.25) is 5.02 Å². The van der Waals surface area contributed by atoms with Crippen molar-refractivity contribution in [2.45, 2.75) is 32.4 Å². The number of benzene rings is 1. The third kappa shape index (κ3) is 4.90. The van der Waals surface area contributed by atoms with Gasteiger partial charge in [0.05, 0.1) is 6.10 Å². The highest BCUT2D eigenvalue weighted by Gasteiger charge is 2.21. The summed E-state index contributed by atoms with van der Waals surface area (Å²) >= 11 is 6.01. The predicted molar refractivity (Wildman–Crippen MR) is 87.9 cm³/mol. The molecule has 1 N–H and O–H groups in total. The van der Waals surface area contributed by atoms with Gasteiger partial charge in [0.15, 0.2) is 5.96 Å². The number of guanidine groups is 1. The summed E-state index contributed by atoms with van der Waals surface area (Å²) in [5.41, 5.74) is 1.16. The normalized spacial score (nSPS) is 17.1. The SMILES string of the molecule is CCOC1CCN(C(=NC)NCc2cccc(Cl)c2)CC1. The van der Waals surface area contributed by atoms with Gasteiger partial charge >= 0.3 is 0 Å². The fraction of sp³-hybridized carbons (Fsp3) is 0.562. The van der Waals surface area contributed by atoms with Crippen LogP contribution < -0.4 is 5.32 Å². The van der Waals surface area contributed by atoms with Gasteiger partial charge in [-0.25, -0.2) is 0 Å². The molecule has 0 bridgehead atoms. The number of nitrogens with one attached hydrogen (secondary N) is 1. The standard InChI is InChI=1S/C16H24ClN3O/c1-3-21-15-7-9-20(10-8-15)16(18-2)19-12-13-5-4-6-14(17)11-13/h4-6,11,15H,3,7-10,12H2,1-2H3,(H,18,19). The Morgan fingerprint density at radius 3 is 2.81 bits per heavy atom. The second-order valence-electron chi connectivity index (χ2n) is 5.17. The molecule has 1 aromatic carbocycles.